The second-order valence-electron chi connectivity index (χ2n) is 3.63. The van der Waals surface area contributed by atoms with Gasteiger partial charge in [0.15, 0.2) is 0 Å². The van der Waals surface area contributed by atoms with Gasteiger partial charge < -0.3 is 11.1 Å². The SMILES string of the molecule is Nc1ncc(C(=O)NCc2ccncc2)cc1Cl. The Morgan fingerprint density at radius 1 is 1.39 bits per heavy atom. The molecule has 18 heavy (non-hydrogen) atoms. The summed E-state index contributed by atoms with van der Waals surface area (Å²) in [7, 11) is 0. The molecule has 2 aromatic heterocycles. The highest BCUT2D eigenvalue weighted by Crippen LogP contribution is 2.16. The fourth-order valence-electron chi connectivity index (χ4n) is 1.36. The number of hydrogen-bond acceptors (Lipinski definition) is 4. The molecule has 0 aliphatic rings. The van der Waals surface area contributed by atoms with Gasteiger partial charge in [-0.25, -0.2) is 4.98 Å². The number of nitrogens with two attached hydrogens (primary N) is 1. The van der Waals surface area contributed by atoms with Crippen LogP contribution in [0, 0.1) is 0 Å². The molecule has 5 nitrogen and oxygen atoms in total. The molecule has 0 fully saturated rings. The first-order valence-corrected chi connectivity index (χ1v) is 5.63. The fourth-order valence-corrected chi connectivity index (χ4v) is 1.52. The molecule has 0 saturated heterocycles. The second kappa shape index (κ2) is 5.46. The van der Waals surface area contributed by atoms with Gasteiger partial charge in [-0.3, -0.25) is 9.78 Å². The number of amides is 1. The van der Waals surface area contributed by atoms with Crippen LogP contribution in [0.3, 0.4) is 0 Å². The number of anilines is 1. The van der Waals surface area contributed by atoms with E-state index in [4.69, 9.17) is 17.3 Å². The lowest BCUT2D eigenvalue weighted by molar-refractivity contribution is 0.0950. The van der Waals surface area contributed by atoms with E-state index in [-0.39, 0.29) is 16.7 Å². The molecule has 0 aliphatic carbocycles. The molecule has 0 atom stereocenters. The lowest BCUT2D eigenvalue weighted by atomic mass is 10.2. The van der Waals surface area contributed by atoms with Crippen LogP contribution in [0.2, 0.25) is 5.02 Å². The normalized spacial score (nSPS) is 10.1. The molecule has 0 spiro atoms. The summed E-state index contributed by atoms with van der Waals surface area (Å²) in [5.41, 5.74) is 6.82. The van der Waals surface area contributed by atoms with Gasteiger partial charge in [0.05, 0.1) is 10.6 Å². The van der Waals surface area contributed by atoms with E-state index in [0.717, 1.165) is 5.56 Å². The van der Waals surface area contributed by atoms with Crippen LogP contribution in [-0.2, 0) is 6.54 Å². The molecule has 1 amide bonds. The molecule has 92 valence electrons. The van der Waals surface area contributed by atoms with E-state index < -0.39 is 0 Å². The molecule has 0 bridgehead atoms. The van der Waals surface area contributed by atoms with E-state index in [9.17, 15) is 4.79 Å². The summed E-state index contributed by atoms with van der Waals surface area (Å²) in [5.74, 6) is -0.0384. The molecular formula is C12H11ClN4O. The predicted octanol–water partition coefficient (Wildman–Crippen LogP) is 1.64. The van der Waals surface area contributed by atoms with E-state index in [1.54, 1.807) is 12.4 Å². The lowest BCUT2D eigenvalue weighted by Gasteiger charge is -2.05. The van der Waals surface area contributed by atoms with Crippen molar-refractivity contribution in [1.82, 2.24) is 15.3 Å². The van der Waals surface area contributed by atoms with Gasteiger partial charge in [-0.05, 0) is 23.8 Å². The van der Waals surface area contributed by atoms with Crippen LogP contribution < -0.4 is 11.1 Å². The summed E-state index contributed by atoms with van der Waals surface area (Å²) in [6, 6.07) is 5.15. The van der Waals surface area contributed by atoms with Crippen LogP contribution in [0.15, 0.2) is 36.8 Å². The Labute approximate surface area is 109 Å². The number of nitrogens with zero attached hydrogens (tertiary/aromatic N) is 2. The Morgan fingerprint density at radius 2 is 2.11 bits per heavy atom. The number of carbonyl (C=O) groups excluding carboxylic acids is 1. The maximum absolute atomic E-state index is 11.8. The van der Waals surface area contributed by atoms with Gasteiger partial charge in [-0.2, -0.15) is 0 Å². The van der Waals surface area contributed by atoms with Gasteiger partial charge >= 0.3 is 0 Å². The third-order valence-corrected chi connectivity index (χ3v) is 2.64. The third-order valence-electron chi connectivity index (χ3n) is 2.33. The highest BCUT2D eigenvalue weighted by molar-refractivity contribution is 6.33. The molecule has 3 N–H and O–H groups in total. The van der Waals surface area contributed by atoms with Crippen molar-refractivity contribution in [2.24, 2.45) is 0 Å². The maximum Gasteiger partial charge on any atom is 0.253 e. The van der Waals surface area contributed by atoms with Crippen molar-refractivity contribution in [3.05, 3.63) is 52.9 Å². The summed E-state index contributed by atoms with van der Waals surface area (Å²) in [6.45, 7) is 0.420. The van der Waals surface area contributed by atoms with Gasteiger partial charge in [0, 0.05) is 25.1 Å². The number of pyridine rings is 2. The first-order valence-electron chi connectivity index (χ1n) is 5.25. The average Bonchev–Trinajstić information content (AvgIpc) is 2.40. The molecule has 0 aliphatic heterocycles. The summed E-state index contributed by atoms with van der Waals surface area (Å²) < 4.78 is 0. The molecule has 2 rings (SSSR count). The van der Waals surface area contributed by atoms with Crippen molar-refractivity contribution in [2.75, 3.05) is 5.73 Å². The topological polar surface area (TPSA) is 80.9 Å². The molecule has 0 aromatic carbocycles. The number of carbonyl (C=O) groups is 1. The summed E-state index contributed by atoms with van der Waals surface area (Å²) in [4.78, 5) is 19.5. The van der Waals surface area contributed by atoms with Crippen molar-refractivity contribution in [3.8, 4) is 0 Å². The van der Waals surface area contributed by atoms with Crippen LogP contribution in [0.25, 0.3) is 0 Å². The van der Waals surface area contributed by atoms with Crippen LogP contribution >= 0.6 is 11.6 Å². The molecular weight excluding hydrogens is 252 g/mol. The van der Waals surface area contributed by atoms with E-state index in [1.807, 2.05) is 12.1 Å². The number of rotatable bonds is 3. The Kier molecular flexibility index (Phi) is 3.74. The Balaban J connectivity index is 2.02. The molecule has 0 unspecified atom stereocenters. The van der Waals surface area contributed by atoms with Gasteiger partial charge in [0.25, 0.3) is 5.91 Å². The van der Waals surface area contributed by atoms with E-state index in [0.29, 0.717) is 12.1 Å². The molecule has 6 heteroatoms. The maximum atomic E-state index is 11.8. The minimum atomic E-state index is -0.249. The zero-order valence-electron chi connectivity index (χ0n) is 9.43. The summed E-state index contributed by atoms with van der Waals surface area (Å²) >= 11 is 5.80. The first kappa shape index (κ1) is 12.3. The lowest BCUT2D eigenvalue weighted by Crippen LogP contribution is -2.23. The van der Waals surface area contributed by atoms with Crippen molar-refractivity contribution in [1.29, 1.82) is 0 Å². The van der Waals surface area contributed by atoms with E-state index in [2.05, 4.69) is 15.3 Å². The molecule has 2 aromatic rings. The Morgan fingerprint density at radius 3 is 2.78 bits per heavy atom. The number of aromatic nitrogens is 2. The zero-order chi connectivity index (χ0) is 13.0. The van der Waals surface area contributed by atoms with Crippen LogP contribution in [0.1, 0.15) is 15.9 Å². The van der Waals surface area contributed by atoms with Gasteiger partial charge in [-0.15, -0.1) is 0 Å². The Hall–Kier alpha value is -2.14. The predicted molar refractivity (Wildman–Crippen MR) is 69.1 cm³/mol. The van der Waals surface area contributed by atoms with Crippen molar-refractivity contribution in [3.63, 3.8) is 0 Å². The monoisotopic (exact) mass is 262 g/mol. The largest absolute Gasteiger partial charge is 0.382 e. The zero-order valence-corrected chi connectivity index (χ0v) is 10.2. The van der Waals surface area contributed by atoms with Crippen molar-refractivity contribution in [2.45, 2.75) is 6.54 Å². The van der Waals surface area contributed by atoms with Crippen molar-refractivity contribution >= 4 is 23.3 Å². The van der Waals surface area contributed by atoms with Crippen LogP contribution in [0.5, 0.6) is 0 Å². The Bertz CT molecular complexity index is 559. The minimum Gasteiger partial charge on any atom is -0.382 e. The standard InChI is InChI=1S/C12H11ClN4O/c13-10-5-9(7-16-11(10)14)12(18)17-6-8-1-3-15-4-2-8/h1-5,7H,6H2,(H2,14,16)(H,17,18). The quantitative estimate of drug-likeness (QED) is 0.881. The summed E-state index contributed by atoms with van der Waals surface area (Å²) in [6.07, 6.45) is 4.73. The number of halogens is 1. The molecule has 2 heterocycles. The number of nitrogens with one attached hydrogen (secondary N) is 1. The molecule has 0 radical (unpaired) electrons. The minimum absolute atomic E-state index is 0.211. The smallest absolute Gasteiger partial charge is 0.253 e. The number of hydrogen-bond donors (Lipinski definition) is 2. The van der Waals surface area contributed by atoms with Gasteiger partial charge in [0.1, 0.15) is 5.82 Å². The van der Waals surface area contributed by atoms with E-state index in [1.165, 1.54) is 12.3 Å². The van der Waals surface area contributed by atoms with Gasteiger partial charge in [0.2, 0.25) is 0 Å². The summed E-state index contributed by atoms with van der Waals surface area (Å²) in [5, 5.41) is 3.03. The average molecular weight is 263 g/mol. The highest BCUT2D eigenvalue weighted by atomic mass is 35.5. The molecule has 0 saturated carbocycles. The van der Waals surface area contributed by atoms with Gasteiger partial charge in [-0.1, -0.05) is 11.6 Å². The third kappa shape index (κ3) is 2.95. The highest BCUT2D eigenvalue weighted by Gasteiger charge is 2.08. The first-order chi connectivity index (χ1) is 8.66. The fraction of sp³-hybridized carbons (Fsp3) is 0.0833. The van der Waals surface area contributed by atoms with Crippen molar-refractivity contribution < 1.29 is 4.79 Å². The second-order valence-corrected chi connectivity index (χ2v) is 4.04. The number of nitrogen functional groups attached to an aromatic ring is 1. The van der Waals surface area contributed by atoms with Crippen LogP contribution in [0.4, 0.5) is 5.82 Å². The van der Waals surface area contributed by atoms with E-state index >= 15 is 0 Å². The van der Waals surface area contributed by atoms with Crippen LogP contribution in [-0.4, -0.2) is 15.9 Å².